The molecular weight excluding hydrogens is 291 g/mol. The smallest absolute Gasteiger partial charge is 0.405 e. The SMILES string of the molecule is CCSc1cccc(N(C)CC(F)(F)F)c1/C(N)=N/O. The Labute approximate surface area is 119 Å². The van der Waals surface area contributed by atoms with Crippen molar-refractivity contribution in [3.05, 3.63) is 23.8 Å². The Bertz CT molecular complexity index is 491. The van der Waals surface area contributed by atoms with Gasteiger partial charge in [-0.2, -0.15) is 13.2 Å². The zero-order valence-electron chi connectivity index (χ0n) is 11.1. The molecule has 0 fully saturated rings. The van der Waals surface area contributed by atoms with Crippen LogP contribution >= 0.6 is 11.8 Å². The number of halogens is 3. The standard InChI is InChI=1S/C12H16F3N3OS/c1-3-20-9-6-4-5-8(10(9)11(16)17-19)18(2)7-12(13,14)15/h4-6,19H,3,7H2,1-2H3,(H2,16,17). The molecule has 0 bridgehead atoms. The number of rotatable bonds is 5. The van der Waals surface area contributed by atoms with Crippen molar-refractivity contribution in [3.8, 4) is 0 Å². The largest absolute Gasteiger partial charge is 0.409 e. The maximum atomic E-state index is 12.5. The van der Waals surface area contributed by atoms with Crippen LogP contribution in [0.5, 0.6) is 0 Å². The Kier molecular flexibility index (Phi) is 5.55. The van der Waals surface area contributed by atoms with E-state index in [-0.39, 0.29) is 11.5 Å². The summed E-state index contributed by atoms with van der Waals surface area (Å²) in [5.41, 5.74) is 6.19. The molecule has 1 rings (SSSR count). The van der Waals surface area contributed by atoms with Crippen LogP contribution in [-0.2, 0) is 0 Å². The van der Waals surface area contributed by atoms with E-state index in [2.05, 4.69) is 5.16 Å². The Morgan fingerprint density at radius 3 is 2.60 bits per heavy atom. The van der Waals surface area contributed by atoms with Crippen LogP contribution in [0.25, 0.3) is 0 Å². The quantitative estimate of drug-likeness (QED) is 0.289. The molecule has 0 aliphatic heterocycles. The van der Waals surface area contributed by atoms with E-state index in [1.807, 2.05) is 6.92 Å². The van der Waals surface area contributed by atoms with Gasteiger partial charge in [0.15, 0.2) is 5.84 Å². The zero-order valence-corrected chi connectivity index (χ0v) is 11.9. The van der Waals surface area contributed by atoms with Gasteiger partial charge in [0.05, 0.1) is 5.56 Å². The van der Waals surface area contributed by atoms with Crippen LogP contribution in [0.4, 0.5) is 18.9 Å². The van der Waals surface area contributed by atoms with Gasteiger partial charge in [-0.1, -0.05) is 18.1 Å². The lowest BCUT2D eigenvalue weighted by atomic mass is 10.1. The van der Waals surface area contributed by atoms with Gasteiger partial charge in [-0.05, 0) is 17.9 Å². The van der Waals surface area contributed by atoms with Crippen LogP contribution in [0.3, 0.4) is 0 Å². The summed E-state index contributed by atoms with van der Waals surface area (Å²) < 4.78 is 37.5. The number of hydrogen-bond donors (Lipinski definition) is 2. The van der Waals surface area contributed by atoms with Crippen molar-refractivity contribution in [2.45, 2.75) is 18.0 Å². The minimum atomic E-state index is -4.33. The van der Waals surface area contributed by atoms with Crippen molar-refractivity contribution in [2.75, 3.05) is 24.2 Å². The lowest BCUT2D eigenvalue weighted by molar-refractivity contribution is -0.119. The molecule has 1 aromatic rings. The molecule has 20 heavy (non-hydrogen) atoms. The molecule has 0 amide bonds. The monoisotopic (exact) mass is 307 g/mol. The third kappa shape index (κ3) is 4.22. The number of thioether (sulfide) groups is 1. The highest BCUT2D eigenvalue weighted by Crippen LogP contribution is 2.31. The Morgan fingerprint density at radius 1 is 1.45 bits per heavy atom. The number of anilines is 1. The van der Waals surface area contributed by atoms with Gasteiger partial charge in [0.1, 0.15) is 6.54 Å². The Balaban J connectivity index is 3.28. The molecule has 0 aromatic heterocycles. The van der Waals surface area contributed by atoms with Gasteiger partial charge in [-0.25, -0.2) is 0 Å². The molecular formula is C12H16F3N3OS. The average molecular weight is 307 g/mol. The first-order valence-electron chi connectivity index (χ1n) is 5.81. The molecule has 0 spiro atoms. The van der Waals surface area contributed by atoms with E-state index >= 15 is 0 Å². The molecule has 0 aliphatic carbocycles. The molecule has 0 heterocycles. The number of amidine groups is 1. The minimum absolute atomic E-state index is 0.203. The number of oxime groups is 1. The predicted octanol–water partition coefficient (Wildman–Crippen LogP) is 2.89. The summed E-state index contributed by atoms with van der Waals surface area (Å²) in [5, 5.41) is 11.7. The number of hydrogen-bond acceptors (Lipinski definition) is 4. The van der Waals surface area contributed by atoms with Crippen LogP contribution < -0.4 is 10.6 Å². The Hall–Kier alpha value is -1.57. The van der Waals surface area contributed by atoms with Gasteiger partial charge in [-0.3, -0.25) is 0 Å². The molecule has 1 aromatic carbocycles. The molecule has 112 valence electrons. The van der Waals surface area contributed by atoms with Gasteiger partial charge < -0.3 is 15.8 Å². The predicted molar refractivity (Wildman–Crippen MR) is 74.7 cm³/mol. The van der Waals surface area contributed by atoms with Crippen LogP contribution in [0.15, 0.2) is 28.3 Å². The highest BCUT2D eigenvalue weighted by atomic mass is 32.2. The fourth-order valence-electron chi connectivity index (χ4n) is 1.77. The van der Waals surface area contributed by atoms with E-state index in [1.165, 1.54) is 24.9 Å². The first kappa shape index (κ1) is 16.5. The normalized spacial score (nSPS) is 12.6. The fourth-order valence-corrected chi connectivity index (χ4v) is 2.61. The number of nitrogens with zero attached hydrogens (tertiary/aromatic N) is 2. The second kappa shape index (κ2) is 6.74. The lowest BCUT2D eigenvalue weighted by Gasteiger charge is -2.24. The molecule has 0 atom stereocenters. The number of alkyl halides is 3. The highest BCUT2D eigenvalue weighted by Gasteiger charge is 2.30. The summed E-state index contributed by atoms with van der Waals surface area (Å²) in [6, 6.07) is 4.89. The van der Waals surface area contributed by atoms with Gasteiger partial charge in [-0.15, -0.1) is 11.8 Å². The van der Waals surface area contributed by atoms with Crippen molar-refractivity contribution in [2.24, 2.45) is 10.9 Å². The first-order chi connectivity index (χ1) is 9.30. The van der Waals surface area contributed by atoms with E-state index in [4.69, 9.17) is 10.9 Å². The summed E-state index contributed by atoms with van der Waals surface area (Å²) in [4.78, 5) is 1.71. The van der Waals surface area contributed by atoms with E-state index in [0.717, 1.165) is 10.7 Å². The van der Waals surface area contributed by atoms with Crippen LogP contribution in [0.2, 0.25) is 0 Å². The molecule has 0 aliphatic rings. The maximum Gasteiger partial charge on any atom is 0.405 e. The van der Waals surface area contributed by atoms with E-state index in [0.29, 0.717) is 10.5 Å². The second-order valence-electron chi connectivity index (χ2n) is 4.04. The first-order valence-corrected chi connectivity index (χ1v) is 6.80. The molecule has 4 nitrogen and oxygen atoms in total. The molecule has 3 N–H and O–H groups in total. The average Bonchev–Trinajstić information content (AvgIpc) is 2.36. The number of benzene rings is 1. The van der Waals surface area contributed by atoms with Crippen molar-refractivity contribution in [1.82, 2.24) is 0 Å². The van der Waals surface area contributed by atoms with Crippen molar-refractivity contribution in [3.63, 3.8) is 0 Å². The molecule has 0 radical (unpaired) electrons. The summed E-state index contributed by atoms with van der Waals surface area (Å²) >= 11 is 1.42. The lowest BCUT2D eigenvalue weighted by Crippen LogP contribution is -2.32. The molecule has 0 saturated heterocycles. The van der Waals surface area contributed by atoms with Crippen molar-refractivity contribution >= 4 is 23.3 Å². The van der Waals surface area contributed by atoms with Crippen molar-refractivity contribution < 1.29 is 18.4 Å². The highest BCUT2D eigenvalue weighted by molar-refractivity contribution is 7.99. The summed E-state index contributed by atoms with van der Waals surface area (Å²) in [5.74, 6) is 0.517. The minimum Gasteiger partial charge on any atom is -0.409 e. The van der Waals surface area contributed by atoms with Gasteiger partial charge in [0.2, 0.25) is 0 Å². The zero-order chi connectivity index (χ0) is 15.3. The maximum absolute atomic E-state index is 12.5. The molecule has 0 saturated carbocycles. The third-order valence-electron chi connectivity index (χ3n) is 2.50. The van der Waals surface area contributed by atoms with E-state index < -0.39 is 12.7 Å². The van der Waals surface area contributed by atoms with Crippen LogP contribution in [-0.4, -0.2) is 36.6 Å². The van der Waals surface area contributed by atoms with Crippen LogP contribution in [0.1, 0.15) is 12.5 Å². The molecule has 0 unspecified atom stereocenters. The van der Waals surface area contributed by atoms with Gasteiger partial charge in [0.25, 0.3) is 0 Å². The van der Waals surface area contributed by atoms with E-state index in [9.17, 15) is 13.2 Å². The van der Waals surface area contributed by atoms with Gasteiger partial charge in [0, 0.05) is 17.6 Å². The summed E-state index contributed by atoms with van der Waals surface area (Å²) in [7, 11) is 1.32. The Morgan fingerprint density at radius 2 is 2.10 bits per heavy atom. The van der Waals surface area contributed by atoms with Crippen LogP contribution in [0, 0.1) is 0 Å². The molecule has 8 heteroatoms. The summed E-state index contributed by atoms with van der Waals surface area (Å²) in [6.45, 7) is 0.797. The van der Waals surface area contributed by atoms with Gasteiger partial charge >= 0.3 is 6.18 Å². The fraction of sp³-hybridized carbons (Fsp3) is 0.417. The van der Waals surface area contributed by atoms with Crippen molar-refractivity contribution in [1.29, 1.82) is 0 Å². The summed E-state index contributed by atoms with van der Waals surface area (Å²) in [6.07, 6.45) is -4.33. The number of nitrogens with two attached hydrogens (primary N) is 1. The second-order valence-corrected chi connectivity index (χ2v) is 5.35. The topological polar surface area (TPSA) is 61.8 Å². The van der Waals surface area contributed by atoms with E-state index in [1.54, 1.807) is 12.1 Å². The third-order valence-corrected chi connectivity index (χ3v) is 3.44.